The van der Waals surface area contributed by atoms with Crippen LogP contribution in [0.5, 0.6) is 0 Å². The Kier molecular flexibility index (Phi) is 6.96. The van der Waals surface area contributed by atoms with Crippen LogP contribution >= 0.6 is 11.8 Å². The fourth-order valence-corrected chi connectivity index (χ4v) is 3.63. The van der Waals surface area contributed by atoms with Gasteiger partial charge in [-0.15, -0.1) is 0 Å². The van der Waals surface area contributed by atoms with Crippen LogP contribution in [0.2, 0.25) is 0 Å². The minimum Gasteiger partial charge on any atom is -0.383 e. The summed E-state index contributed by atoms with van der Waals surface area (Å²) in [7, 11) is 1.52. The number of nitrogens with one attached hydrogen (secondary N) is 1. The molecule has 0 bridgehead atoms. The molecule has 1 aromatic heterocycles. The van der Waals surface area contributed by atoms with Crippen LogP contribution in [-0.4, -0.2) is 39.9 Å². The molecule has 0 unspecified atom stereocenters. The summed E-state index contributed by atoms with van der Waals surface area (Å²) in [5.41, 5.74) is 0.195. The van der Waals surface area contributed by atoms with Gasteiger partial charge in [0.1, 0.15) is 6.07 Å². The van der Waals surface area contributed by atoms with Crippen molar-refractivity contribution < 1.29 is 14.5 Å². The van der Waals surface area contributed by atoms with Crippen molar-refractivity contribution in [3.8, 4) is 6.07 Å². The Morgan fingerprint density at radius 2 is 2.13 bits per heavy atom. The number of carbonyl (C=O) groups excluding carboxylic acids is 1. The smallest absolute Gasteiger partial charge is 0.270 e. The summed E-state index contributed by atoms with van der Waals surface area (Å²) in [4.78, 5) is 40.0. The van der Waals surface area contributed by atoms with Gasteiger partial charge in [-0.2, -0.15) is 5.26 Å². The number of thioether (sulfide) groups is 1. The number of carbonyl (C=O) groups is 1. The predicted octanol–water partition coefficient (Wildman–Crippen LogP) is 2.55. The van der Waals surface area contributed by atoms with Crippen LogP contribution in [0.4, 0.5) is 11.4 Å². The van der Waals surface area contributed by atoms with Gasteiger partial charge in [0.25, 0.3) is 11.2 Å². The number of nitro groups is 1. The number of methoxy groups -OCH3 is 1. The standard InChI is InChI=1S/C20H17N5O5S/c1-30-9-8-24-19(27)15-4-2-3-5-17(15)23-20(24)31-12-18(26)22-16-7-6-14(25(28)29)10-13(16)11-21/h2-7,10H,8-9,12H2,1H3,(H,22,26). The van der Waals surface area contributed by atoms with Gasteiger partial charge in [-0.05, 0) is 18.2 Å². The van der Waals surface area contributed by atoms with Gasteiger partial charge in [0.05, 0.1) is 46.0 Å². The van der Waals surface area contributed by atoms with E-state index in [1.54, 1.807) is 24.3 Å². The summed E-state index contributed by atoms with van der Waals surface area (Å²) in [6.07, 6.45) is 0. The van der Waals surface area contributed by atoms with E-state index in [1.807, 2.05) is 6.07 Å². The predicted molar refractivity (Wildman–Crippen MR) is 115 cm³/mol. The molecule has 158 valence electrons. The zero-order valence-corrected chi connectivity index (χ0v) is 17.2. The molecule has 0 atom stereocenters. The molecule has 1 amide bonds. The first-order chi connectivity index (χ1) is 14.9. The van der Waals surface area contributed by atoms with Gasteiger partial charge in [0, 0.05) is 19.2 Å². The highest BCUT2D eigenvalue weighted by atomic mass is 32.2. The van der Waals surface area contributed by atoms with Crippen molar-refractivity contribution in [1.82, 2.24) is 9.55 Å². The van der Waals surface area contributed by atoms with Crippen molar-refractivity contribution in [2.24, 2.45) is 0 Å². The van der Waals surface area contributed by atoms with Gasteiger partial charge in [-0.1, -0.05) is 23.9 Å². The Morgan fingerprint density at radius 3 is 2.84 bits per heavy atom. The number of ether oxygens (including phenoxy) is 1. The normalized spacial score (nSPS) is 10.6. The van der Waals surface area contributed by atoms with Gasteiger partial charge in [-0.25, -0.2) is 4.98 Å². The van der Waals surface area contributed by atoms with E-state index in [9.17, 15) is 25.0 Å². The number of hydrogen-bond donors (Lipinski definition) is 1. The molecule has 1 N–H and O–H groups in total. The lowest BCUT2D eigenvalue weighted by Crippen LogP contribution is -2.26. The topological polar surface area (TPSA) is 140 Å². The number of nitro benzene ring substituents is 1. The van der Waals surface area contributed by atoms with Crippen LogP contribution in [0.25, 0.3) is 10.9 Å². The molecule has 1 heterocycles. The van der Waals surface area contributed by atoms with Gasteiger partial charge < -0.3 is 10.1 Å². The molecule has 0 fully saturated rings. The highest BCUT2D eigenvalue weighted by Crippen LogP contribution is 2.23. The molecule has 2 aromatic carbocycles. The van der Waals surface area contributed by atoms with E-state index < -0.39 is 10.8 Å². The van der Waals surface area contributed by atoms with Crippen LogP contribution in [0.3, 0.4) is 0 Å². The van der Waals surface area contributed by atoms with Crippen LogP contribution in [0, 0.1) is 21.4 Å². The van der Waals surface area contributed by atoms with E-state index in [1.165, 1.54) is 23.8 Å². The number of amides is 1. The Balaban J connectivity index is 1.81. The summed E-state index contributed by atoms with van der Waals surface area (Å²) < 4.78 is 6.52. The Morgan fingerprint density at radius 1 is 1.35 bits per heavy atom. The van der Waals surface area contributed by atoms with Crippen molar-refractivity contribution in [2.45, 2.75) is 11.7 Å². The number of aromatic nitrogens is 2. The Bertz CT molecular complexity index is 1250. The highest BCUT2D eigenvalue weighted by molar-refractivity contribution is 7.99. The molecule has 0 aliphatic heterocycles. The molecule has 0 aliphatic rings. The van der Waals surface area contributed by atoms with Gasteiger partial charge >= 0.3 is 0 Å². The van der Waals surface area contributed by atoms with Crippen molar-refractivity contribution in [1.29, 1.82) is 5.26 Å². The average molecular weight is 439 g/mol. The maximum absolute atomic E-state index is 12.8. The molecule has 31 heavy (non-hydrogen) atoms. The number of fused-ring (bicyclic) bond motifs is 1. The molecule has 3 rings (SSSR count). The number of nitriles is 1. The third-order valence-corrected chi connectivity index (χ3v) is 5.26. The minimum absolute atomic E-state index is 0.0200. The van der Waals surface area contributed by atoms with E-state index in [4.69, 9.17) is 4.74 Å². The van der Waals surface area contributed by atoms with Gasteiger partial charge in [-0.3, -0.25) is 24.3 Å². The molecule has 0 spiro atoms. The zero-order valence-electron chi connectivity index (χ0n) is 16.4. The molecule has 10 nitrogen and oxygen atoms in total. The Labute approximate surface area is 180 Å². The van der Waals surface area contributed by atoms with Crippen LogP contribution in [0.15, 0.2) is 52.4 Å². The van der Waals surface area contributed by atoms with Gasteiger partial charge in [0.2, 0.25) is 5.91 Å². The number of hydrogen-bond acceptors (Lipinski definition) is 8. The van der Waals surface area contributed by atoms with Crippen LogP contribution < -0.4 is 10.9 Å². The number of anilines is 1. The van der Waals surface area contributed by atoms with Crippen LogP contribution in [0.1, 0.15) is 5.56 Å². The number of non-ortho nitro benzene ring substituents is 1. The first kappa shape index (κ1) is 21.9. The molecule has 0 radical (unpaired) electrons. The second-order valence-electron chi connectivity index (χ2n) is 6.30. The first-order valence-electron chi connectivity index (χ1n) is 9.04. The minimum atomic E-state index is -0.618. The SMILES string of the molecule is COCCn1c(SCC(=O)Nc2ccc([N+](=O)[O-])cc2C#N)nc2ccccc2c1=O. The second kappa shape index (κ2) is 9.84. The molecule has 11 heteroatoms. The van der Waals surface area contributed by atoms with E-state index in [0.29, 0.717) is 22.7 Å². The van der Waals surface area contributed by atoms with Crippen molar-refractivity contribution in [3.63, 3.8) is 0 Å². The zero-order chi connectivity index (χ0) is 22.4. The summed E-state index contributed by atoms with van der Waals surface area (Å²) >= 11 is 1.07. The summed E-state index contributed by atoms with van der Waals surface area (Å²) in [6.45, 7) is 0.575. The summed E-state index contributed by atoms with van der Waals surface area (Å²) in [5.74, 6) is -0.532. The maximum Gasteiger partial charge on any atom is 0.270 e. The lowest BCUT2D eigenvalue weighted by atomic mass is 10.1. The average Bonchev–Trinajstić information content (AvgIpc) is 2.77. The largest absolute Gasteiger partial charge is 0.383 e. The fourth-order valence-electron chi connectivity index (χ4n) is 2.80. The molecular formula is C20H17N5O5S. The molecule has 3 aromatic rings. The third-order valence-electron chi connectivity index (χ3n) is 4.29. The van der Waals surface area contributed by atoms with E-state index in [2.05, 4.69) is 10.3 Å². The maximum atomic E-state index is 12.8. The number of para-hydroxylation sites is 1. The quantitative estimate of drug-likeness (QED) is 0.244. The lowest BCUT2D eigenvalue weighted by Gasteiger charge is -2.13. The Hall–Kier alpha value is -3.75. The number of nitrogens with zero attached hydrogens (tertiary/aromatic N) is 4. The van der Waals surface area contributed by atoms with E-state index >= 15 is 0 Å². The molecular weight excluding hydrogens is 422 g/mol. The lowest BCUT2D eigenvalue weighted by molar-refractivity contribution is -0.384. The van der Waals surface area contributed by atoms with Gasteiger partial charge in [0.15, 0.2) is 5.16 Å². The van der Waals surface area contributed by atoms with E-state index in [-0.39, 0.29) is 34.8 Å². The summed E-state index contributed by atoms with van der Waals surface area (Å²) in [5, 5.41) is 23.5. The van der Waals surface area contributed by atoms with Crippen molar-refractivity contribution in [3.05, 3.63) is 68.5 Å². The first-order valence-corrected chi connectivity index (χ1v) is 10.0. The monoisotopic (exact) mass is 439 g/mol. The van der Waals surface area contributed by atoms with Crippen LogP contribution in [-0.2, 0) is 16.1 Å². The molecule has 0 saturated carbocycles. The van der Waals surface area contributed by atoms with Crippen molar-refractivity contribution in [2.75, 3.05) is 24.8 Å². The van der Waals surface area contributed by atoms with Crippen molar-refractivity contribution >= 4 is 39.9 Å². The highest BCUT2D eigenvalue weighted by Gasteiger charge is 2.15. The number of rotatable bonds is 8. The fraction of sp³-hybridized carbons (Fsp3) is 0.200. The second-order valence-corrected chi connectivity index (χ2v) is 7.24. The molecule has 0 aliphatic carbocycles. The number of benzene rings is 2. The molecule has 0 saturated heterocycles. The third kappa shape index (κ3) is 5.06. The summed E-state index contributed by atoms with van der Waals surface area (Å²) in [6, 6.07) is 12.4. The van der Waals surface area contributed by atoms with E-state index in [0.717, 1.165) is 17.8 Å².